The fourth-order valence-corrected chi connectivity index (χ4v) is 2.07. The van der Waals surface area contributed by atoms with E-state index in [2.05, 4.69) is 34.6 Å². The van der Waals surface area contributed by atoms with Gasteiger partial charge in [0.1, 0.15) is 5.75 Å². The van der Waals surface area contributed by atoms with Crippen molar-refractivity contribution in [3.8, 4) is 5.75 Å². The lowest BCUT2D eigenvalue weighted by Gasteiger charge is -2.35. The van der Waals surface area contributed by atoms with Crippen LogP contribution >= 0.6 is 0 Å². The fraction of sp³-hybridized carbons (Fsp3) is 0.600. The average Bonchev–Trinajstić information content (AvgIpc) is 2.28. The van der Waals surface area contributed by atoms with Gasteiger partial charge in [-0.15, -0.1) is 0 Å². The minimum Gasteiger partial charge on any atom is -0.508 e. The highest BCUT2D eigenvalue weighted by atomic mass is 16.3. The Balaban J connectivity index is 2.85. The second kappa shape index (κ2) is 4.90. The first kappa shape index (κ1) is 13.1. The van der Waals surface area contributed by atoms with E-state index in [0.717, 1.165) is 0 Å². The minimum atomic E-state index is 0.346. The van der Waals surface area contributed by atoms with Gasteiger partial charge in [0.05, 0.1) is 0 Å². The lowest BCUT2D eigenvalue weighted by atomic mass is 9.70. The molecule has 1 aromatic carbocycles. The standard InChI is InChI=1S/C15H24O/c1-6-15(4,5)12(3)11(2)13-7-9-14(16)10-8-13/h7-12,16H,6H2,1-5H3. The van der Waals surface area contributed by atoms with Crippen molar-refractivity contribution in [2.45, 2.75) is 47.0 Å². The highest BCUT2D eigenvalue weighted by Gasteiger charge is 2.28. The van der Waals surface area contributed by atoms with E-state index < -0.39 is 0 Å². The molecule has 0 fully saturated rings. The second-order valence-electron chi connectivity index (χ2n) is 5.51. The van der Waals surface area contributed by atoms with Gasteiger partial charge in [-0.05, 0) is 34.9 Å². The Bertz CT molecular complexity index is 324. The average molecular weight is 220 g/mol. The molecule has 0 saturated heterocycles. The van der Waals surface area contributed by atoms with Gasteiger partial charge >= 0.3 is 0 Å². The number of phenolic OH excluding ortho intramolecular Hbond substituents is 1. The summed E-state index contributed by atoms with van der Waals surface area (Å²) in [5, 5.41) is 9.28. The highest BCUT2D eigenvalue weighted by Crippen LogP contribution is 2.39. The van der Waals surface area contributed by atoms with Crippen molar-refractivity contribution in [3.63, 3.8) is 0 Å². The summed E-state index contributed by atoms with van der Waals surface area (Å²) < 4.78 is 0. The molecule has 0 aliphatic carbocycles. The van der Waals surface area contributed by atoms with Crippen LogP contribution in [0.2, 0.25) is 0 Å². The molecule has 1 nitrogen and oxygen atoms in total. The van der Waals surface area contributed by atoms with Crippen LogP contribution in [0.1, 0.15) is 52.5 Å². The van der Waals surface area contributed by atoms with E-state index in [1.165, 1.54) is 12.0 Å². The zero-order valence-electron chi connectivity index (χ0n) is 11.1. The molecule has 0 saturated carbocycles. The lowest BCUT2D eigenvalue weighted by molar-refractivity contribution is 0.193. The summed E-state index contributed by atoms with van der Waals surface area (Å²) >= 11 is 0. The fourth-order valence-electron chi connectivity index (χ4n) is 2.07. The third kappa shape index (κ3) is 2.78. The van der Waals surface area contributed by atoms with Gasteiger partial charge in [-0.25, -0.2) is 0 Å². The summed E-state index contributed by atoms with van der Waals surface area (Å²) in [6.07, 6.45) is 1.19. The smallest absolute Gasteiger partial charge is 0.115 e. The number of benzene rings is 1. The SMILES string of the molecule is CCC(C)(C)C(C)C(C)c1ccc(O)cc1. The number of rotatable bonds is 4. The van der Waals surface area contributed by atoms with Gasteiger partial charge in [0.15, 0.2) is 0 Å². The Morgan fingerprint density at radius 1 is 1.12 bits per heavy atom. The molecule has 0 amide bonds. The number of aromatic hydroxyl groups is 1. The molecule has 0 aliphatic heterocycles. The van der Waals surface area contributed by atoms with Crippen LogP contribution in [-0.4, -0.2) is 5.11 Å². The van der Waals surface area contributed by atoms with Crippen LogP contribution in [0.15, 0.2) is 24.3 Å². The third-order valence-corrected chi connectivity index (χ3v) is 4.31. The molecule has 2 unspecified atom stereocenters. The summed E-state index contributed by atoms with van der Waals surface area (Å²) in [5.41, 5.74) is 1.67. The van der Waals surface area contributed by atoms with Gasteiger partial charge in [-0.2, -0.15) is 0 Å². The Kier molecular flexibility index (Phi) is 4.01. The first-order chi connectivity index (χ1) is 7.38. The van der Waals surface area contributed by atoms with Gasteiger partial charge in [-0.1, -0.05) is 53.2 Å². The van der Waals surface area contributed by atoms with Crippen molar-refractivity contribution in [2.24, 2.45) is 11.3 Å². The molecule has 1 aromatic rings. The molecule has 2 atom stereocenters. The minimum absolute atomic E-state index is 0.346. The monoisotopic (exact) mass is 220 g/mol. The van der Waals surface area contributed by atoms with Crippen molar-refractivity contribution >= 4 is 0 Å². The summed E-state index contributed by atoms with van der Waals surface area (Å²) in [6, 6.07) is 7.61. The largest absolute Gasteiger partial charge is 0.508 e. The van der Waals surface area contributed by atoms with Gasteiger partial charge in [0.25, 0.3) is 0 Å². The molecular formula is C15H24O. The van der Waals surface area contributed by atoms with Crippen LogP contribution in [0, 0.1) is 11.3 Å². The lowest BCUT2D eigenvalue weighted by Crippen LogP contribution is -2.25. The van der Waals surface area contributed by atoms with Crippen LogP contribution in [0.25, 0.3) is 0 Å². The summed E-state index contributed by atoms with van der Waals surface area (Å²) in [4.78, 5) is 0. The first-order valence-corrected chi connectivity index (χ1v) is 6.17. The van der Waals surface area contributed by atoms with E-state index in [4.69, 9.17) is 0 Å². The van der Waals surface area contributed by atoms with Crippen molar-refractivity contribution in [2.75, 3.05) is 0 Å². The molecule has 0 spiro atoms. The van der Waals surface area contributed by atoms with Gasteiger partial charge in [0.2, 0.25) is 0 Å². The van der Waals surface area contributed by atoms with Crippen LogP contribution in [0.5, 0.6) is 5.75 Å². The number of hydrogen-bond donors (Lipinski definition) is 1. The van der Waals surface area contributed by atoms with Crippen molar-refractivity contribution in [1.82, 2.24) is 0 Å². The van der Waals surface area contributed by atoms with Crippen LogP contribution in [0.3, 0.4) is 0 Å². The summed E-state index contributed by atoms with van der Waals surface area (Å²) in [7, 11) is 0. The molecule has 90 valence electrons. The van der Waals surface area contributed by atoms with Crippen molar-refractivity contribution in [3.05, 3.63) is 29.8 Å². The molecule has 0 aromatic heterocycles. The quantitative estimate of drug-likeness (QED) is 0.788. The zero-order valence-corrected chi connectivity index (χ0v) is 11.1. The van der Waals surface area contributed by atoms with Crippen molar-refractivity contribution < 1.29 is 5.11 Å². The summed E-state index contributed by atoms with van der Waals surface area (Å²) in [6.45, 7) is 11.5. The van der Waals surface area contributed by atoms with Gasteiger partial charge in [-0.3, -0.25) is 0 Å². The zero-order chi connectivity index (χ0) is 12.3. The van der Waals surface area contributed by atoms with Gasteiger partial charge in [0, 0.05) is 0 Å². The predicted molar refractivity (Wildman–Crippen MR) is 69.8 cm³/mol. The third-order valence-electron chi connectivity index (χ3n) is 4.31. The van der Waals surface area contributed by atoms with E-state index in [9.17, 15) is 5.11 Å². The summed E-state index contributed by atoms with van der Waals surface area (Å²) in [5.74, 6) is 1.50. The molecule has 1 N–H and O–H groups in total. The van der Waals surface area contributed by atoms with Crippen LogP contribution in [-0.2, 0) is 0 Å². The molecular weight excluding hydrogens is 196 g/mol. The maximum Gasteiger partial charge on any atom is 0.115 e. The van der Waals surface area contributed by atoms with E-state index in [1.54, 1.807) is 12.1 Å². The van der Waals surface area contributed by atoms with Crippen LogP contribution < -0.4 is 0 Å². The van der Waals surface area contributed by atoms with E-state index in [0.29, 0.717) is 23.0 Å². The van der Waals surface area contributed by atoms with E-state index in [-0.39, 0.29) is 0 Å². The molecule has 0 radical (unpaired) electrons. The highest BCUT2D eigenvalue weighted by molar-refractivity contribution is 5.28. The Labute approximate surface area is 99.5 Å². The topological polar surface area (TPSA) is 20.2 Å². The molecule has 1 heteroatoms. The Morgan fingerprint density at radius 3 is 2.06 bits per heavy atom. The molecule has 16 heavy (non-hydrogen) atoms. The van der Waals surface area contributed by atoms with Crippen molar-refractivity contribution in [1.29, 1.82) is 0 Å². The van der Waals surface area contributed by atoms with Gasteiger partial charge < -0.3 is 5.11 Å². The number of phenols is 1. The van der Waals surface area contributed by atoms with E-state index in [1.807, 2.05) is 12.1 Å². The Hall–Kier alpha value is -0.980. The number of hydrogen-bond acceptors (Lipinski definition) is 1. The molecule has 1 rings (SSSR count). The molecule has 0 bridgehead atoms. The maximum atomic E-state index is 9.28. The molecule has 0 aliphatic rings. The normalized spacial score (nSPS) is 15.8. The first-order valence-electron chi connectivity index (χ1n) is 6.17. The predicted octanol–water partition coefficient (Wildman–Crippen LogP) is 4.57. The maximum absolute atomic E-state index is 9.28. The Morgan fingerprint density at radius 2 is 1.62 bits per heavy atom. The molecule has 0 heterocycles. The second-order valence-corrected chi connectivity index (χ2v) is 5.51. The van der Waals surface area contributed by atoms with E-state index >= 15 is 0 Å². The van der Waals surface area contributed by atoms with Crippen LogP contribution in [0.4, 0.5) is 0 Å².